The molecule has 0 saturated heterocycles. The van der Waals surface area contributed by atoms with E-state index in [-0.39, 0.29) is 6.04 Å². The molecule has 1 aliphatic rings. The van der Waals surface area contributed by atoms with Crippen molar-refractivity contribution >= 4 is 57.1 Å². The van der Waals surface area contributed by atoms with Gasteiger partial charge in [0.1, 0.15) is 0 Å². The van der Waals surface area contributed by atoms with Crippen LogP contribution >= 0.6 is 34.5 Å². The maximum absolute atomic E-state index is 6.35. The van der Waals surface area contributed by atoms with E-state index in [4.69, 9.17) is 38.3 Å². The highest BCUT2D eigenvalue weighted by molar-refractivity contribution is 7.12. The molecule has 4 nitrogen and oxygen atoms in total. The van der Waals surface area contributed by atoms with Gasteiger partial charge < -0.3 is 0 Å². The fourth-order valence-corrected chi connectivity index (χ4v) is 5.30. The Kier molecular flexibility index (Phi) is 5.53. The third-order valence-corrected chi connectivity index (χ3v) is 7.27. The highest BCUT2D eigenvalue weighted by atomic mass is 35.5. The lowest BCUT2D eigenvalue weighted by Gasteiger charge is -2.23. The molecule has 0 N–H and O–H groups in total. The molecule has 0 saturated carbocycles. The van der Waals surface area contributed by atoms with E-state index < -0.39 is 0 Å². The molecule has 0 fully saturated rings. The van der Waals surface area contributed by atoms with Crippen molar-refractivity contribution in [3.8, 4) is 11.3 Å². The Hall–Kier alpha value is -3.25. The van der Waals surface area contributed by atoms with Gasteiger partial charge in [-0.3, -0.25) is 0 Å². The molecule has 0 bridgehead atoms. The van der Waals surface area contributed by atoms with Crippen LogP contribution in [0.4, 0.5) is 5.95 Å². The van der Waals surface area contributed by atoms with E-state index in [0.29, 0.717) is 16.0 Å². The quantitative estimate of drug-likeness (QED) is 0.250. The van der Waals surface area contributed by atoms with Gasteiger partial charge in [-0.2, -0.15) is 5.10 Å². The predicted molar refractivity (Wildman–Crippen MR) is 142 cm³/mol. The van der Waals surface area contributed by atoms with Crippen LogP contribution in [-0.4, -0.2) is 15.7 Å². The molecule has 0 radical (unpaired) electrons. The summed E-state index contributed by atoms with van der Waals surface area (Å²) >= 11 is 14.2. The van der Waals surface area contributed by atoms with Gasteiger partial charge in [-0.25, -0.2) is 15.0 Å². The summed E-state index contributed by atoms with van der Waals surface area (Å²) in [4.78, 5) is 11.1. The van der Waals surface area contributed by atoms with Crippen LogP contribution in [-0.2, 0) is 0 Å². The minimum Gasteiger partial charge on any atom is -0.223 e. The smallest absolute Gasteiger partial charge is 0.223 e. The number of aromatic nitrogens is 2. The highest BCUT2D eigenvalue weighted by Gasteiger charge is 2.32. The van der Waals surface area contributed by atoms with Crippen molar-refractivity contribution in [2.75, 3.05) is 5.01 Å². The Labute approximate surface area is 211 Å². The Morgan fingerprint density at radius 2 is 1.68 bits per heavy atom. The third-order valence-electron chi connectivity index (χ3n) is 5.86. The van der Waals surface area contributed by atoms with Gasteiger partial charge in [-0.05, 0) is 47.3 Å². The first-order valence-electron chi connectivity index (χ1n) is 10.8. The van der Waals surface area contributed by atoms with E-state index in [9.17, 15) is 0 Å². The second-order valence-electron chi connectivity index (χ2n) is 8.04. The fourth-order valence-electron chi connectivity index (χ4n) is 4.25. The number of anilines is 1. The molecule has 0 aliphatic carbocycles. The third kappa shape index (κ3) is 3.96. The topological polar surface area (TPSA) is 41.4 Å². The van der Waals surface area contributed by atoms with Crippen LogP contribution in [0.25, 0.3) is 22.2 Å². The lowest BCUT2D eigenvalue weighted by Crippen LogP contribution is -2.21. The van der Waals surface area contributed by atoms with Crippen molar-refractivity contribution in [3.05, 3.63) is 111 Å². The van der Waals surface area contributed by atoms with Crippen molar-refractivity contribution in [3.63, 3.8) is 0 Å². The SMILES string of the molecule is Clc1ccc(-c2nc(N3N=C(c4cccs4)CC3c3cccc(Cl)c3)nc3ccccc23)cc1. The number of para-hydroxylation sites is 1. The van der Waals surface area contributed by atoms with Gasteiger partial charge in [0.15, 0.2) is 0 Å². The molecule has 3 aromatic carbocycles. The van der Waals surface area contributed by atoms with E-state index in [2.05, 4.69) is 17.5 Å². The standard InChI is InChI=1S/C27H18Cl2N4S/c28-19-12-10-17(11-13-19)26-21-7-1-2-8-22(21)30-27(31-26)33-24(18-5-3-6-20(29)15-18)16-23(32-33)25-9-4-14-34-25/h1-15,24H,16H2. The number of hydrogen-bond acceptors (Lipinski definition) is 5. The monoisotopic (exact) mass is 500 g/mol. The minimum absolute atomic E-state index is 0.0602. The summed E-state index contributed by atoms with van der Waals surface area (Å²) in [5.74, 6) is 0.556. The van der Waals surface area contributed by atoms with Crippen LogP contribution in [0.5, 0.6) is 0 Å². The molecule has 3 heterocycles. The Balaban J connectivity index is 1.53. The summed E-state index contributed by atoms with van der Waals surface area (Å²) in [7, 11) is 0. The van der Waals surface area contributed by atoms with Gasteiger partial charge in [0.2, 0.25) is 5.95 Å². The summed E-state index contributed by atoms with van der Waals surface area (Å²) in [5, 5.41) is 11.4. The lowest BCUT2D eigenvalue weighted by molar-refractivity contribution is 0.689. The molecule has 7 heteroatoms. The van der Waals surface area contributed by atoms with Crippen LogP contribution in [0.1, 0.15) is 22.9 Å². The Morgan fingerprint density at radius 1 is 0.824 bits per heavy atom. The average molecular weight is 501 g/mol. The molecule has 2 aromatic heterocycles. The van der Waals surface area contributed by atoms with Crippen LogP contribution in [0.3, 0.4) is 0 Å². The van der Waals surface area contributed by atoms with Crippen molar-refractivity contribution in [1.29, 1.82) is 0 Å². The Bertz CT molecular complexity index is 1510. The van der Waals surface area contributed by atoms with Gasteiger partial charge in [0.05, 0.1) is 27.8 Å². The van der Waals surface area contributed by atoms with E-state index in [1.54, 1.807) is 11.3 Å². The second kappa shape index (κ2) is 8.84. The zero-order valence-corrected chi connectivity index (χ0v) is 20.2. The Morgan fingerprint density at radius 3 is 2.47 bits per heavy atom. The molecular formula is C27H18Cl2N4S. The molecular weight excluding hydrogens is 483 g/mol. The van der Waals surface area contributed by atoms with Crippen molar-refractivity contribution in [1.82, 2.24) is 9.97 Å². The van der Waals surface area contributed by atoms with Gasteiger partial charge in [-0.1, -0.05) is 71.7 Å². The summed E-state index contributed by atoms with van der Waals surface area (Å²) in [5.41, 5.74) is 4.78. The van der Waals surface area contributed by atoms with Gasteiger partial charge in [0, 0.05) is 27.4 Å². The van der Waals surface area contributed by atoms with Crippen LogP contribution in [0.2, 0.25) is 10.0 Å². The number of hydrazone groups is 1. The zero-order chi connectivity index (χ0) is 23.1. The molecule has 1 unspecified atom stereocenters. The summed E-state index contributed by atoms with van der Waals surface area (Å²) < 4.78 is 0. The number of benzene rings is 3. The van der Waals surface area contributed by atoms with E-state index in [1.807, 2.05) is 77.8 Å². The number of fused-ring (bicyclic) bond motifs is 1. The molecule has 0 amide bonds. The number of halogens is 2. The average Bonchev–Trinajstić information content (AvgIpc) is 3.54. The molecule has 166 valence electrons. The number of nitrogens with zero attached hydrogens (tertiary/aromatic N) is 4. The lowest BCUT2D eigenvalue weighted by atomic mass is 10.0. The molecule has 34 heavy (non-hydrogen) atoms. The normalized spacial score (nSPS) is 15.6. The van der Waals surface area contributed by atoms with Crippen LogP contribution in [0, 0.1) is 0 Å². The van der Waals surface area contributed by atoms with Crippen molar-refractivity contribution in [2.24, 2.45) is 5.10 Å². The predicted octanol–water partition coefficient (Wildman–Crippen LogP) is 8.02. The van der Waals surface area contributed by atoms with Gasteiger partial charge in [-0.15, -0.1) is 11.3 Å². The summed E-state index contributed by atoms with van der Waals surface area (Å²) in [6.45, 7) is 0. The molecule has 1 atom stereocenters. The van der Waals surface area contributed by atoms with Crippen molar-refractivity contribution < 1.29 is 0 Å². The van der Waals surface area contributed by atoms with Gasteiger partial charge >= 0.3 is 0 Å². The van der Waals surface area contributed by atoms with E-state index in [0.717, 1.165) is 44.7 Å². The van der Waals surface area contributed by atoms with E-state index >= 15 is 0 Å². The minimum atomic E-state index is -0.0602. The largest absolute Gasteiger partial charge is 0.247 e. The van der Waals surface area contributed by atoms with Crippen molar-refractivity contribution in [2.45, 2.75) is 12.5 Å². The highest BCUT2D eigenvalue weighted by Crippen LogP contribution is 2.38. The first-order valence-corrected chi connectivity index (χ1v) is 12.5. The second-order valence-corrected chi connectivity index (χ2v) is 9.86. The maximum atomic E-state index is 6.35. The van der Waals surface area contributed by atoms with Crippen LogP contribution in [0.15, 0.2) is 95.4 Å². The molecule has 6 rings (SSSR count). The number of hydrogen-bond donors (Lipinski definition) is 0. The van der Waals surface area contributed by atoms with Crippen LogP contribution < -0.4 is 5.01 Å². The summed E-state index contributed by atoms with van der Waals surface area (Å²) in [6, 6.07) is 27.8. The zero-order valence-electron chi connectivity index (χ0n) is 17.9. The van der Waals surface area contributed by atoms with Gasteiger partial charge in [0.25, 0.3) is 0 Å². The van der Waals surface area contributed by atoms with E-state index in [1.165, 1.54) is 0 Å². The molecule has 5 aromatic rings. The fraction of sp³-hybridized carbons (Fsp3) is 0.0741. The number of rotatable bonds is 4. The first kappa shape index (κ1) is 21.3. The molecule has 1 aliphatic heterocycles. The maximum Gasteiger partial charge on any atom is 0.247 e. The molecule has 0 spiro atoms. The number of thiophene rings is 1. The summed E-state index contributed by atoms with van der Waals surface area (Å²) in [6.07, 6.45) is 0.743. The first-order chi connectivity index (χ1) is 16.7.